The third-order valence-electron chi connectivity index (χ3n) is 1.90. The lowest BCUT2D eigenvalue weighted by molar-refractivity contribution is 1.36. The quantitative estimate of drug-likeness (QED) is 0.615. The fourth-order valence-electron chi connectivity index (χ4n) is 1.28. The van der Waals surface area contributed by atoms with Gasteiger partial charge in [0.05, 0.1) is 0 Å². The monoisotopic (exact) mass is 154 g/mol. The minimum atomic E-state index is 1.03. The van der Waals surface area contributed by atoms with Crippen molar-refractivity contribution in [3.63, 3.8) is 0 Å². The zero-order valence-corrected chi connectivity index (χ0v) is 6.57. The van der Waals surface area contributed by atoms with Crippen molar-refractivity contribution in [2.45, 2.75) is 0 Å². The van der Waals surface area contributed by atoms with Crippen molar-refractivity contribution in [3.8, 4) is 0 Å². The van der Waals surface area contributed by atoms with Crippen LogP contribution in [0.25, 0.3) is 16.8 Å². The summed E-state index contributed by atoms with van der Waals surface area (Å²) in [5.74, 6) is 0. The van der Waals surface area contributed by atoms with E-state index in [1.807, 2.05) is 30.5 Å². The lowest BCUT2D eigenvalue weighted by Gasteiger charge is -1.99. The number of benzene rings is 1. The van der Waals surface area contributed by atoms with Crippen LogP contribution in [0, 0.1) is 6.58 Å². The molecule has 12 heavy (non-hydrogen) atoms. The van der Waals surface area contributed by atoms with Crippen molar-refractivity contribution in [1.29, 1.82) is 0 Å². The molecular formula is C11H8N. The molecule has 57 valence electrons. The summed E-state index contributed by atoms with van der Waals surface area (Å²) in [6.07, 6.45) is 5.21. The maximum atomic E-state index is 5.46. The second-order valence-electron chi connectivity index (χ2n) is 2.61. The van der Waals surface area contributed by atoms with Gasteiger partial charge in [-0.3, -0.25) is 4.98 Å². The molecule has 1 heterocycles. The smallest absolute Gasteiger partial charge is 0.0352 e. The van der Waals surface area contributed by atoms with Crippen molar-refractivity contribution in [3.05, 3.63) is 48.8 Å². The summed E-state index contributed by atoms with van der Waals surface area (Å²) < 4.78 is 0. The SMILES string of the molecule is [CH]=Cc1cccc2ccncc12. The molecule has 0 aliphatic carbocycles. The Morgan fingerprint density at radius 2 is 2.17 bits per heavy atom. The van der Waals surface area contributed by atoms with Gasteiger partial charge in [0.25, 0.3) is 0 Å². The summed E-state index contributed by atoms with van der Waals surface area (Å²) in [6, 6.07) is 7.98. The first-order valence-electron chi connectivity index (χ1n) is 3.79. The highest BCUT2D eigenvalue weighted by Gasteiger charge is 1.94. The summed E-state index contributed by atoms with van der Waals surface area (Å²) in [7, 11) is 0. The van der Waals surface area contributed by atoms with Crippen molar-refractivity contribution < 1.29 is 0 Å². The molecule has 2 aromatic rings. The van der Waals surface area contributed by atoms with Gasteiger partial charge >= 0.3 is 0 Å². The van der Waals surface area contributed by atoms with Crippen LogP contribution in [0.1, 0.15) is 5.56 Å². The van der Waals surface area contributed by atoms with E-state index in [0.717, 1.165) is 10.9 Å². The van der Waals surface area contributed by atoms with Crippen molar-refractivity contribution in [2.75, 3.05) is 0 Å². The van der Waals surface area contributed by atoms with Crippen molar-refractivity contribution in [2.24, 2.45) is 0 Å². The van der Waals surface area contributed by atoms with Crippen LogP contribution in [0.3, 0.4) is 0 Å². The van der Waals surface area contributed by atoms with Gasteiger partial charge in [0.1, 0.15) is 0 Å². The first-order chi connectivity index (χ1) is 5.92. The molecule has 0 aliphatic rings. The van der Waals surface area contributed by atoms with Gasteiger partial charge in [-0.15, -0.1) is 0 Å². The van der Waals surface area contributed by atoms with E-state index < -0.39 is 0 Å². The highest BCUT2D eigenvalue weighted by atomic mass is 14.6. The molecule has 0 saturated heterocycles. The minimum Gasteiger partial charge on any atom is -0.264 e. The Morgan fingerprint density at radius 1 is 1.25 bits per heavy atom. The van der Waals surface area contributed by atoms with E-state index in [-0.39, 0.29) is 0 Å². The molecule has 0 atom stereocenters. The largest absolute Gasteiger partial charge is 0.264 e. The minimum absolute atomic E-state index is 1.03. The average Bonchev–Trinajstić information content (AvgIpc) is 2.17. The van der Waals surface area contributed by atoms with Gasteiger partial charge in [0, 0.05) is 17.8 Å². The van der Waals surface area contributed by atoms with Gasteiger partial charge < -0.3 is 0 Å². The van der Waals surface area contributed by atoms with Crippen LogP contribution >= 0.6 is 0 Å². The molecule has 0 unspecified atom stereocenters. The maximum absolute atomic E-state index is 5.46. The average molecular weight is 154 g/mol. The van der Waals surface area contributed by atoms with Gasteiger partial charge in [0.15, 0.2) is 0 Å². The summed E-state index contributed by atoms with van der Waals surface area (Å²) >= 11 is 0. The molecule has 0 spiro atoms. The lowest BCUT2D eigenvalue weighted by atomic mass is 10.1. The van der Waals surface area contributed by atoms with E-state index in [4.69, 9.17) is 6.58 Å². The van der Waals surface area contributed by atoms with Crippen molar-refractivity contribution in [1.82, 2.24) is 4.98 Å². The van der Waals surface area contributed by atoms with Gasteiger partial charge in [-0.2, -0.15) is 0 Å². The van der Waals surface area contributed by atoms with Crippen LogP contribution < -0.4 is 0 Å². The fraction of sp³-hybridized carbons (Fsp3) is 0. The van der Waals surface area contributed by atoms with Crippen molar-refractivity contribution >= 4 is 16.8 Å². The molecule has 0 amide bonds. The molecule has 0 fully saturated rings. The van der Waals surface area contributed by atoms with Crippen LogP contribution in [-0.2, 0) is 0 Å². The number of pyridine rings is 1. The summed E-state index contributed by atoms with van der Waals surface area (Å²) in [6.45, 7) is 5.46. The van der Waals surface area contributed by atoms with Crippen LogP contribution in [0.4, 0.5) is 0 Å². The summed E-state index contributed by atoms with van der Waals surface area (Å²) in [4.78, 5) is 4.05. The Bertz CT molecular complexity index is 413. The van der Waals surface area contributed by atoms with E-state index in [9.17, 15) is 0 Å². The highest BCUT2D eigenvalue weighted by Crippen LogP contribution is 2.17. The Labute approximate surface area is 71.4 Å². The molecular weight excluding hydrogens is 146 g/mol. The second-order valence-corrected chi connectivity index (χ2v) is 2.61. The second kappa shape index (κ2) is 2.78. The number of hydrogen-bond acceptors (Lipinski definition) is 1. The number of hydrogen-bond donors (Lipinski definition) is 0. The summed E-state index contributed by atoms with van der Waals surface area (Å²) in [5.41, 5.74) is 1.03. The predicted molar refractivity (Wildman–Crippen MR) is 50.5 cm³/mol. The zero-order chi connectivity index (χ0) is 8.39. The number of rotatable bonds is 1. The first kappa shape index (κ1) is 7.04. The lowest BCUT2D eigenvalue weighted by Crippen LogP contribution is -1.78. The molecule has 1 radical (unpaired) electrons. The molecule has 1 aromatic heterocycles. The molecule has 0 N–H and O–H groups in total. The number of aromatic nitrogens is 1. The third-order valence-corrected chi connectivity index (χ3v) is 1.90. The van der Waals surface area contributed by atoms with Gasteiger partial charge in [-0.25, -0.2) is 0 Å². The third kappa shape index (κ3) is 0.996. The Kier molecular flexibility index (Phi) is 1.63. The first-order valence-corrected chi connectivity index (χ1v) is 3.79. The van der Waals surface area contributed by atoms with Crippen LogP contribution in [0.5, 0.6) is 0 Å². The van der Waals surface area contributed by atoms with E-state index in [1.54, 1.807) is 12.3 Å². The molecule has 2 rings (SSSR count). The predicted octanol–water partition coefficient (Wildman–Crippen LogP) is 2.68. The van der Waals surface area contributed by atoms with Gasteiger partial charge in [0.2, 0.25) is 0 Å². The van der Waals surface area contributed by atoms with E-state index in [0.29, 0.717) is 0 Å². The maximum Gasteiger partial charge on any atom is 0.0352 e. The topological polar surface area (TPSA) is 12.9 Å². The number of nitrogens with zero attached hydrogens (tertiary/aromatic N) is 1. The Balaban J connectivity index is 2.88. The fourth-order valence-corrected chi connectivity index (χ4v) is 1.28. The van der Waals surface area contributed by atoms with Crippen LogP contribution in [0.2, 0.25) is 0 Å². The van der Waals surface area contributed by atoms with Gasteiger partial charge in [-0.05, 0) is 17.0 Å². The summed E-state index contributed by atoms with van der Waals surface area (Å²) in [5, 5.41) is 2.27. The molecule has 0 saturated carbocycles. The van der Waals surface area contributed by atoms with E-state index in [2.05, 4.69) is 4.98 Å². The molecule has 1 aromatic carbocycles. The molecule has 0 aliphatic heterocycles. The molecule has 0 bridgehead atoms. The number of fused-ring (bicyclic) bond motifs is 1. The Hall–Kier alpha value is -1.63. The zero-order valence-electron chi connectivity index (χ0n) is 6.57. The van der Waals surface area contributed by atoms with Gasteiger partial charge in [-0.1, -0.05) is 30.9 Å². The highest BCUT2D eigenvalue weighted by molar-refractivity contribution is 5.89. The van der Waals surface area contributed by atoms with Crippen LogP contribution in [-0.4, -0.2) is 4.98 Å². The standard InChI is InChI=1S/C11H8N/c1-2-9-4-3-5-10-6-7-12-8-11(9)10/h1-8H. The molecule has 1 heteroatoms. The van der Waals surface area contributed by atoms with Crippen LogP contribution in [0.15, 0.2) is 36.7 Å². The Morgan fingerprint density at radius 3 is 3.00 bits per heavy atom. The van der Waals surface area contributed by atoms with E-state index in [1.165, 1.54) is 5.39 Å². The normalized spacial score (nSPS) is 10.0. The molecule has 1 nitrogen and oxygen atoms in total. The van der Waals surface area contributed by atoms with E-state index >= 15 is 0 Å².